The molecule has 0 aromatic heterocycles. The van der Waals surface area contributed by atoms with Gasteiger partial charge in [-0.3, -0.25) is 0 Å². The monoisotopic (exact) mass is 274 g/mol. The molecule has 4 nitrogen and oxygen atoms in total. The van der Waals surface area contributed by atoms with E-state index in [0.29, 0.717) is 12.6 Å². The maximum Gasteiger partial charge on any atom is 0.322 e. The van der Waals surface area contributed by atoms with Gasteiger partial charge in [-0.15, -0.1) is 0 Å². The maximum atomic E-state index is 12.4. The number of aliphatic hydroxyl groups is 1. The van der Waals surface area contributed by atoms with Crippen molar-refractivity contribution in [2.45, 2.75) is 44.6 Å². The Labute approximate surface area is 119 Å². The van der Waals surface area contributed by atoms with Gasteiger partial charge in [-0.1, -0.05) is 12.1 Å². The standard InChI is InChI=1S/C16H22N2O2/c19-11-10-18(13-8-9-13)16(20)17-15-7-3-5-12-4-1-2-6-14(12)15/h3,5,7,13,19H,1-2,4,6,8-11H2,(H,17,20). The summed E-state index contributed by atoms with van der Waals surface area (Å²) < 4.78 is 0. The van der Waals surface area contributed by atoms with E-state index in [2.05, 4.69) is 11.4 Å². The zero-order valence-corrected chi connectivity index (χ0v) is 11.8. The Kier molecular flexibility index (Phi) is 3.92. The SMILES string of the molecule is O=C(Nc1cccc2c1CCCC2)N(CCO)C1CC1. The average molecular weight is 274 g/mol. The largest absolute Gasteiger partial charge is 0.395 e. The van der Waals surface area contributed by atoms with Gasteiger partial charge in [-0.25, -0.2) is 4.79 Å². The predicted octanol–water partition coefficient (Wildman–Crippen LogP) is 2.55. The van der Waals surface area contributed by atoms with Crippen LogP contribution in [0.4, 0.5) is 10.5 Å². The summed E-state index contributed by atoms with van der Waals surface area (Å²) in [4.78, 5) is 14.1. The van der Waals surface area contributed by atoms with Crippen LogP contribution in [0.15, 0.2) is 18.2 Å². The number of hydrogen-bond acceptors (Lipinski definition) is 2. The fraction of sp³-hybridized carbons (Fsp3) is 0.562. The molecular formula is C16H22N2O2. The van der Waals surface area contributed by atoms with Gasteiger partial charge < -0.3 is 15.3 Å². The molecule has 0 unspecified atom stereocenters. The summed E-state index contributed by atoms with van der Waals surface area (Å²) in [6.45, 7) is 0.447. The van der Waals surface area contributed by atoms with Crippen molar-refractivity contribution in [1.82, 2.24) is 4.90 Å². The first-order chi connectivity index (χ1) is 9.79. The highest BCUT2D eigenvalue weighted by atomic mass is 16.3. The zero-order valence-electron chi connectivity index (χ0n) is 11.8. The Balaban J connectivity index is 1.75. The Morgan fingerprint density at radius 3 is 2.85 bits per heavy atom. The molecular weight excluding hydrogens is 252 g/mol. The molecule has 1 saturated carbocycles. The summed E-state index contributed by atoms with van der Waals surface area (Å²) in [7, 11) is 0. The number of carbonyl (C=O) groups excluding carboxylic acids is 1. The highest BCUT2D eigenvalue weighted by molar-refractivity contribution is 5.90. The van der Waals surface area contributed by atoms with E-state index in [1.807, 2.05) is 12.1 Å². The van der Waals surface area contributed by atoms with Crippen LogP contribution >= 0.6 is 0 Å². The van der Waals surface area contributed by atoms with Crippen molar-refractivity contribution in [2.75, 3.05) is 18.5 Å². The molecule has 1 fully saturated rings. The van der Waals surface area contributed by atoms with Crippen molar-refractivity contribution >= 4 is 11.7 Å². The second-order valence-corrected chi connectivity index (χ2v) is 5.73. The Hall–Kier alpha value is -1.55. The van der Waals surface area contributed by atoms with Gasteiger partial charge in [0.15, 0.2) is 0 Å². The van der Waals surface area contributed by atoms with Crippen LogP contribution in [0.3, 0.4) is 0 Å². The van der Waals surface area contributed by atoms with E-state index in [-0.39, 0.29) is 12.6 Å². The van der Waals surface area contributed by atoms with E-state index in [9.17, 15) is 4.79 Å². The molecule has 1 aromatic carbocycles. The minimum atomic E-state index is -0.0690. The van der Waals surface area contributed by atoms with Gasteiger partial charge in [0, 0.05) is 18.3 Å². The molecule has 2 aliphatic rings. The van der Waals surface area contributed by atoms with Gasteiger partial charge in [0.25, 0.3) is 0 Å². The molecule has 2 amide bonds. The third kappa shape index (κ3) is 2.80. The number of carbonyl (C=O) groups is 1. The Bertz CT molecular complexity index is 497. The molecule has 20 heavy (non-hydrogen) atoms. The summed E-state index contributed by atoms with van der Waals surface area (Å²) in [5, 5.41) is 12.2. The second-order valence-electron chi connectivity index (χ2n) is 5.73. The zero-order chi connectivity index (χ0) is 13.9. The van der Waals surface area contributed by atoms with Crippen LogP contribution in [0, 0.1) is 0 Å². The highest BCUT2D eigenvalue weighted by Crippen LogP contribution is 2.30. The van der Waals surface area contributed by atoms with Gasteiger partial charge in [0.1, 0.15) is 0 Å². The van der Waals surface area contributed by atoms with Gasteiger partial charge in [-0.2, -0.15) is 0 Å². The van der Waals surface area contributed by atoms with Crippen LogP contribution in [-0.2, 0) is 12.8 Å². The van der Waals surface area contributed by atoms with Crippen LogP contribution < -0.4 is 5.32 Å². The van der Waals surface area contributed by atoms with Crippen molar-refractivity contribution < 1.29 is 9.90 Å². The summed E-state index contributed by atoms with van der Waals surface area (Å²) in [5.41, 5.74) is 3.62. The lowest BCUT2D eigenvalue weighted by Gasteiger charge is -2.24. The first-order valence-electron chi connectivity index (χ1n) is 7.59. The number of urea groups is 1. The first kappa shape index (κ1) is 13.4. The smallest absolute Gasteiger partial charge is 0.322 e. The van der Waals surface area contributed by atoms with Gasteiger partial charge in [0.2, 0.25) is 0 Å². The number of fused-ring (bicyclic) bond motifs is 1. The molecule has 0 heterocycles. The molecule has 108 valence electrons. The van der Waals surface area contributed by atoms with Crippen LogP contribution in [0.25, 0.3) is 0 Å². The van der Waals surface area contributed by atoms with E-state index >= 15 is 0 Å². The third-order valence-corrected chi connectivity index (χ3v) is 4.23. The molecule has 0 aliphatic heterocycles. The fourth-order valence-electron chi connectivity index (χ4n) is 3.03. The van der Waals surface area contributed by atoms with Gasteiger partial charge in [-0.05, 0) is 55.7 Å². The molecule has 0 radical (unpaired) electrons. The second kappa shape index (κ2) is 5.83. The summed E-state index contributed by atoms with van der Waals surface area (Å²) in [6.07, 6.45) is 6.71. The Morgan fingerprint density at radius 2 is 2.10 bits per heavy atom. The Morgan fingerprint density at radius 1 is 1.30 bits per heavy atom. The lowest BCUT2D eigenvalue weighted by Crippen LogP contribution is -2.39. The summed E-state index contributed by atoms with van der Waals surface area (Å²) in [6, 6.07) is 6.43. The predicted molar refractivity (Wildman–Crippen MR) is 78.9 cm³/mol. The van der Waals surface area contributed by atoms with Crippen molar-refractivity contribution in [3.05, 3.63) is 29.3 Å². The number of nitrogens with one attached hydrogen (secondary N) is 1. The van der Waals surface area contributed by atoms with Gasteiger partial charge >= 0.3 is 6.03 Å². The summed E-state index contributed by atoms with van der Waals surface area (Å²) in [5.74, 6) is 0. The van der Waals surface area contributed by atoms with Gasteiger partial charge in [0.05, 0.1) is 6.61 Å². The van der Waals surface area contributed by atoms with Crippen molar-refractivity contribution in [3.63, 3.8) is 0 Å². The normalized spacial score (nSPS) is 17.4. The van der Waals surface area contributed by atoms with Crippen LogP contribution in [0.5, 0.6) is 0 Å². The molecule has 0 atom stereocenters. The quantitative estimate of drug-likeness (QED) is 0.886. The molecule has 3 rings (SSSR count). The van der Waals surface area contributed by atoms with E-state index in [1.165, 1.54) is 24.0 Å². The topological polar surface area (TPSA) is 52.6 Å². The number of aryl methyl sites for hydroxylation is 1. The fourth-order valence-corrected chi connectivity index (χ4v) is 3.03. The lowest BCUT2D eigenvalue weighted by atomic mass is 9.90. The lowest BCUT2D eigenvalue weighted by molar-refractivity contribution is 0.185. The van der Waals surface area contributed by atoms with Crippen LogP contribution in [-0.4, -0.2) is 35.2 Å². The van der Waals surface area contributed by atoms with Crippen LogP contribution in [0.1, 0.15) is 36.8 Å². The van der Waals surface area contributed by atoms with Crippen molar-refractivity contribution in [2.24, 2.45) is 0 Å². The molecule has 4 heteroatoms. The minimum Gasteiger partial charge on any atom is -0.395 e. The number of amides is 2. The number of anilines is 1. The minimum absolute atomic E-state index is 0.0246. The summed E-state index contributed by atoms with van der Waals surface area (Å²) >= 11 is 0. The average Bonchev–Trinajstić information content (AvgIpc) is 3.29. The van der Waals surface area contributed by atoms with E-state index in [1.54, 1.807) is 4.90 Å². The van der Waals surface area contributed by atoms with E-state index < -0.39 is 0 Å². The number of rotatable bonds is 4. The third-order valence-electron chi connectivity index (χ3n) is 4.23. The van der Waals surface area contributed by atoms with E-state index in [0.717, 1.165) is 31.4 Å². The highest BCUT2D eigenvalue weighted by Gasteiger charge is 2.32. The molecule has 2 aliphatic carbocycles. The number of nitrogens with zero attached hydrogens (tertiary/aromatic N) is 1. The number of aliphatic hydroxyl groups excluding tert-OH is 1. The molecule has 2 N–H and O–H groups in total. The van der Waals surface area contributed by atoms with Crippen LogP contribution in [0.2, 0.25) is 0 Å². The molecule has 0 bridgehead atoms. The molecule has 0 spiro atoms. The van der Waals surface area contributed by atoms with Crippen molar-refractivity contribution in [3.8, 4) is 0 Å². The number of benzene rings is 1. The molecule has 1 aromatic rings. The first-order valence-corrected chi connectivity index (χ1v) is 7.59. The molecule has 0 saturated heterocycles. The maximum absolute atomic E-state index is 12.4. The van der Waals surface area contributed by atoms with E-state index in [4.69, 9.17) is 5.11 Å². The van der Waals surface area contributed by atoms with Crippen molar-refractivity contribution in [1.29, 1.82) is 0 Å². The number of hydrogen-bond donors (Lipinski definition) is 2.